The van der Waals surface area contributed by atoms with Gasteiger partial charge in [0, 0.05) is 5.02 Å². The van der Waals surface area contributed by atoms with Crippen LogP contribution >= 0.6 is 11.6 Å². The highest BCUT2D eigenvalue weighted by Gasteiger charge is 2.33. The van der Waals surface area contributed by atoms with E-state index in [1.807, 2.05) is 18.2 Å². The van der Waals surface area contributed by atoms with Crippen LogP contribution in [0, 0.1) is 0 Å². The minimum absolute atomic E-state index is 0.156. The van der Waals surface area contributed by atoms with E-state index in [1.165, 1.54) is 11.1 Å². The third-order valence-corrected chi connectivity index (χ3v) is 2.65. The molecule has 0 aliphatic carbocycles. The molecule has 60 valence electrons. The lowest BCUT2D eigenvalue weighted by atomic mass is 9.97. The second kappa shape index (κ2) is 2.12. The van der Waals surface area contributed by atoms with Crippen LogP contribution in [-0.4, -0.2) is 0 Å². The molecule has 0 aromatic heterocycles. The molecule has 0 spiro atoms. The molecule has 2 bridgehead atoms. The van der Waals surface area contributed by atoms with Gasteiger partial charge in [-0.25, -0.2) is 0 Å². The molecule has 0 fully saturated rings. The van der Waals surface area contributed by atoms with Gasteiger partial charge in [-0.15, -0.1) is 0 Å². The first-order chi connectivity index (χ1) is 5.84. The fraction of sp³-hybridized carbons (Fsp3) is 0.200. The Kier molecular flexibility index (Phi) is 1.18. The number of rotatable bonds is 0. The lowest BCUT2D eigenvalue weighted by Crippen LogP contribution is -1.91. The maximum Gasteiger partial charge on any atom is 0.102 e. The summed E-state index contributed by atoms with van der Waals surface area (Å²) in [4.78, 5) is 0. The van der Waals surface area contributed by atoms with Crippen LogP contribution in [0.3, 0.4) is 0 Å². The highest BCUT2D eigenvalue weighted by molar-refractivity contribution is 6.30. The Morgan fingerprint density at radius 2 is 1.83 bits per heavy atom. The van der Waals surface area contributed by atoms with E-state index >= 15 is 0 Å². The summed E-state index contributed by atoms with van der Waals surface area (Å²) in [5.74, 6) is 0. The Labute approximate surface area is 75.6 Å². The highest BCUT2D eigenvalue weighted by atomic mass is 35.5. The highest BCUT2D eigenvalue weighted by Crippen LogP contribution is 2.46. The zero-order valence-corrected chi connectivity index (χ0v) is 7.08. The summed E-state index contributed by atoms with van der Waals surface area (Å²) < 4.78 is 5.63. The van der Waals surface area contributed by atoms with Crippen LogP contribution in [0.1, 0.15) is 23.3 Å². The first-order valence-corrected chi connectivity index (χ1v) is 4.35. The quantitative estimate of drug-likeness (QED) is 0.555. The van der Waals surface area contributed by atoms with E-state index in [0.29, 0.717) is 0 Å². The summed E-state index contributed by atoms with van der Waals surface area (Å²) >= 11 is 5.88. The standard InChI is InChI=1S/C10H7ClO/c11-6-1-2-7-8(5-6)10-4-3-9(7)12-10/h1-5,9-10H. The van der Waals surface area contributed by atoms with Gasteiger partial charge in [-0.1, -0.05) is 29.8 Å². The smallest absolute Gasteiger partial charge is 0.102 e. The third-order valence-electron chi connectivity index (χ3n) is 2.42. The average molecular weight is 179 g/mol. The van der Waals surface area contributed by atoms with Crippen molar-refractivity contribution in [2.24, 2.45) is 0 Å². The molecular formula is C10H7ClO. The Hall–Kier alpha value is -0.790. The molecule has 2 heteroatoms. The Morgan fingerprint density at radius 3 is 2.67 bits per heavy atom. The summed E-state index contributed by atoms with van der Waals surface area (Å²) in [6.45, 7) is 0. The molecule has 2 aliphatic heterocycles. The van der Waals surface area contributed by atoms with Crippen molar-refractivity contribution in [1.29, 1.82) is 0 Å². The SMILES string of the molecule is Clc1ccc2c(c1)C1C=CC2O1. The number of hydrogen-bond donors (Lipinski definition) is 0. The van der Waals surface area contributed by atoms with Gasteiger partial charge < -0.3 is 4.74 Å². The summed E-state index contributed by atoms with van der Waals surface area (Å²) in [6.07, 6.45) is 4.52. The average Bonchev–Trinajstić information content (AvgIpc) is 2.63. The van der Waals surface area contributed by atoms with Crippen LogP contribution in [-0.2, 0) is 4.74 Å². The second-order valence-corrected chi connectivity index (χ2v) is 3.57. The zero-order valence-electron chi connectivity index (χ0n) is 6.33. The molecule has 2 aliphatic rings. The van der Waals surface area contributed by atoms with Crippen LogP contribution in [0.15, 0.2) is 30.4 Å². The van der Waals surface area contributed by atoms with Crippen LogP contribution in [0.25, 0.3) is 0 Å². The van der Waals surface area contributed by atoms with Gasteiger partial charge in [0.2, 0.25) is 0 Å². The third kappa shape index (κ3) is 0.728. The van der Waals surface area contributed by atoms with Gasteiger partial charge in [0.05, 0.1) is 0 Å². The van der Waals surface area contributed by atoms with E-state index in [-0.39, 0.29) is 12.2 Å². The van der Waals surface area contributed by atoms with Crippen molar-refractivity contribution >= 4 is 11.6 Å². The molecule has 0 N–H and O–H groups in total. The van der Waals surface area contributed by atoms with Crippen molar-refractivity contribution in [3.8, 4) is 0 Å². The fourth-order valence-corrected chi connectivity index (χ4v) is 2.04. The molecule has 0 saturated carbocycles. The molecule has 1 aromatic carbocycles. The largest absolute Gasteiger partial charge is 0.357 e. The van der Waals surface area contributed by atoms with E-state index in [1.54, 1.807) is 0 Å². The van der Waals surface area contributed by atoms with Gasteiger partial charge in [0.25, 0.3) is 0 Å². The fourth-order valence-electron chi connectivity index (χ4n) is 1.86. The molecule has 1 aromatic rings. The molecule has 1 nitrogen and oxygen atoms in total. The molecule has 0 amide bonds. The first kappa shape index (κ1) is 6.70. The van der Waals surface area contributed by atoms with Gasteiger partial charge in [-0.3, -0.25) is 0 Å². The van der Waals surface area contributed by atoms with Crippen molar-refractivity contribution < 1.29 is 4.74 Å². The molecule has 0 saturated heterocycles. The van der Waals surface area contributed by atoms with Gasteiger partial charge in [-0.2, -0.15) is 0 Å². The molecule has 2 atom stereocenters. The molecule has 12 heavy (non-hydrogen) atoms. The first-order valence-electron chi connectivity index (χ1n) is 3.98. The van der Waals surface area contributed by atoms with Gasteiger partial charge in [0.1, 0.15) is 12.2 Å². The van der Waals surface area contributed by atoms with Gasteiger partial charge in [0.15, 0.2) is 0 Å². The number of benzene rings is 1. The number of ether oxygens (including phenoxy) is 1. The molecule has 0 radical (unpaired) electrons. The Morgan fingerprint density at radius 1 is 1.08 bits per heavy atom. The monoisotopic (exact) mass is 178 g/mol. The van der Waals surface area contributed by atoms with Gasteiger partial charge >= 0.3 is 0 Å². The van der Waals surface area contributed by atoms with Gasteiger partial charge in [-0.05, 0) is 23.3 Å². The van der Waals surface area contributed by atoms with Crippen molar-refractivity contribution in [3.05, 3.63) is 46.5 Å². The van der Waals surface area contributed by atoms with Crippen LogP contribution in [0.4, 0.5) is 0 Å². The minimum atomic E-state index is 0.156. The lowest BCUT2D eigenvalue weighted by molar-refractivity contribution is 0.0878. The number of halogens is 1. The van der Waals surface area contributed by atoms with E-state index < -0.39 is 0 Å². The van der Waals surface area contributed by atoms with Crippen molar-refractivity contribution in [2.45, 2.75) is 12.2 Å². The lowest BCUT2D eigenvalue weighted by Gasteiger charge is -2.05. The molecule has 2 unspecified atom stereocenters. The summed E-state index contributed by atoms with van der Waals surface area (Å²) in [5, 5.41) is 0.790. The summed E-state index contributed by atoms with van der Waals surface area (Å²) in [7, 11) is 0. The van der Waals surface area contributed by atoms with Crippen LogP contribution in [0.2, 0.25) is 5.02 Å². The maximum absolute atomic E-state index is 5.88. The predicted octanol–water partition coefficient (Wildman–Crippen LogP) is 3.02. The van der Waals surface area contributed by atoms with E-state index in [4.69, 9.17) is 16.3 Å². The predicted molar refractivity (Wildman–Crippen MR) is 47.2 cm³/mol. The second-order valence-electron chi connectivity index (χ2n) is 3.14. The van der Waals surface area contributed by atoms with Crippen LogP contribution < -0.4 is 0 Å². The topological polar surface area (TPSA) is 9.23 Å². The van der Waals surface area contributed by atoms with Crippen molar-refractivity contribution in [1.82, 2.24) is 0 Å². The van der Waals surface area contributed by atoms with Crippen molar-refractivity contribution in [3.63, 3.8) is 0 Å². The van der Waals surface area contributed by atoms with E-state index in [2.05, 4.69) is 12.2 Å². The van der Waals surface area contributed by atoms with E-state index in [0.717, 1.165) is 5.02 Å². The summed E-state index contributed by atoms with van der Waals surface area (Å²) in [6, 6.07) is 5.95. The maximum atomic E-state index is 5.88. The van der Waals surface area contributed by atoms with Crippen LogP contribution in [0.5, 0.6) is 0 Å². The molecule has 2 heterocycles. The zero-order chi connectivity index (χ0) is 8.13. The normalized spacial score (nSPS) is 29.4. The Balaban J connectivity index is 2.24. The molecule has 3 rings (SSSR count). The molecular weight excluding hydrogens is 172 g/mol. The Bertz CT molecular complexity index is 370. The van der Waals surface area contributed by atoms with E-state index in [9.17, 15) is 0 Å². The number of hydrogen-bond acceptors (Lipinski definition) is 1. The minimum Gasteiger partial charge on any atom is -0.357 e. The summed E-state index contributed by atoms with van der Waals surface area (Å²) in [5.41, 5.74) is 2.50. The number of fused-ring (bicyclic) bond motifs is 5. The van der Waals surface area contributed by atoms with Crippen molar-refractivity contribution in [2.75, 3.05) is 0 Å².